The Morgan fingerprint density at radius 1 is 1.12 bits per heavy atom. The van der Waals surface area contributed by atoms with E-state index in [0.29, 0.717) is 6.42 Å². The highest BCUT2D eigenvalue weighted by molar-refractivity contribution is 5.81. The van der Waals surface area contributed by atoms with Crippen LogP contribution in [0.4, 0.5) is 13.2 Å². The third-order valence-electron chi connectivity index (χ3n) is 3.33. The predicted molar refractivity (Wildman–Crippen MR) is 51.8 cm³/mol. The van der Waals surface area contributed by atoms with E-state index in [1.807, 2.05) is 0 Å². The van der Waals surface area contributed by atoms with Gasteiger partial charge >= 0.3 is 12.1 Å². The van der Waals surface area contributed by atoms with Crippen molar-refractivity contribution in [1.82, 2.24) is 9.80 Å². The first-order valence-electron chi connectivity index (χ1n) is 5.58. The van der Waals surface area contributed by atoms with Crippen molar-refractivity contribution >= 4 is 5.91 Å². The van der Waals surface area contributed by atoms with E-state index in [1.165, 1.54) is 0 Å². The molecule has 0 saturated carbocycles. The Morgan fingerprint density at radius 3 is 2.50 bits per heavy atom. The normalized spacial score (nSPS) is 27.7. The van der Waals surface area contributed by atoms with Crippen molar-refractivity contribution in [3.63, 3.8) is 0 Å². The summed E-state index contributed by atoms with van der Waals surface area (Å²) in [5, 5.41) is 0. The van der Waals surface area contributed by atoms with Gasteiger partial charge in [-0.2, -0.15) is 13.2 Å². The minimum atomic E-state index is -4.73. The zero-order valence-electron chi connectivity index (χ0n) is 8.96. The molecule has 1 atom stereocenters. The minimum Gasteiger partial charge on any atom is -0.333 e. The molecule has 0 aliphatic carbocycles. The molecule has 2 heterocycles. The van der Waals surface area contributed by atoms with Crippen LogP contribution in [0.2, 0.25) is 0 Å². The first-order chi connectivity index (χ1) is 7.48. The van der Waals surface area contributed by atoms with Gasteiger partial charge in [0.05, 0.1) is 0 Å². The average Bonchev–Trinajstić information content (AvgIpc) is 2.53. The molecular formula is C10H15F3N2O. The SMILES string of the molecule is O=C(N1CCCN2CCCC2C1)C(F)(F)F. The largest absolute Gasteiger partial charge is 0.471 e. The lowest BCUT2D eigenvalue weighted by Gasteiger charge is -2.26. The maximum Gasteiger partial charge on any atom is 0.471 e. The number of nitrogens with zero attached hydrogens (tertiary/aromatic N) is 2. The number of alkyl halides is 3. The standard InChI is InChI=1S/C10H15F3N2O/c11-10(12,13)9(16)15-6-2-5-14-4-1-3-8(14)7-15/h8H,1-7H2. The summed E-state index contributed by atoms with van der Waals surface area (Å²) in [5.41, 5.74) is 0. The van der Waals surface area contributed by atoms with E-state index in [1.54, 1.807) is 0 Å². The average molecular weight is 236 g/mol. The Balaban J connectivity index is 2.03. The number of amides is 1. The number of fused-ring (bicyclic) bond motifs is 1. The Labute approximate surface area is 92.2 Å². The summed E-state index contributed by atoms with van der Waals surface area (Å²) in [6.07, 6.45) is -2.16. The number of rotatable bonds is 0. The monoisotopic (exact) mass is 236 g/mol. The molecular weight excluding hydrogens is 221 g/mol. The molecule has 6 heteroatoms. The summed E-state index contributed by atoms with van der Waals surface area (Å²) in [6.45, 7) is 2.23. The molecule has 2 rings (SSSR count). The van der Waals surface area contributed by atoms with E-state index in [2.05, 4.69) is 4.90 Å². The Morgan fingerprint density at radius 2 is 1.81 bits per heavy atom. The van der Waals surface area contributed by atoms with Gasteiger partial charge in [-0.1, -0.05) is 0 Å². The van der Waals surface area contributed by atoms with Crippen LogP contribution in [0.3, 0.4) is 0 Å². The van der Waals surface area contributed by atoms with Crippen LogP contribution in [0.5, 0.6) is 0 Å². The summed E-state index contributed by atoms with van der Waals surface area (Å²) < 4.78 is 36.9. The molecule has 2 aliphatic rings. The van der Waals surface area contributed by atoms with Gasteiger partial charge in [-0.3, -0.25) is 9.69 Å². The second-order valence-corrected chi connectivity index (χ2v) is 4.43. The molecule has 0 N–H and O–H groups in total. The highest BCUT2D eigenvalue weighted by Gasteiger charge is 2.44. The molecule has 3 nitrogen and oxygen atoms in total. The van der Waals surface area contributed by atoms with Gasteiger partial charge in [-0.25, -0.2) is 0 Å². The van der Waals surface area contributed by atoms with Crippen molar-refractivity contribution in [3.05, 3.63) is 0 Å². The van der Waals surface area contributed by atoms with Crippen LogP contribution in [0.25, 0.3) is 0 Å². The number of hydrogen-bond donors (Lipinski definition) is 0. The quantitative estimate of drug-likeness (QED) is 0.632. The van der Waals surface area contributed by atoms with Gasteiger partial charge < -0.3 is 4.90 Å². The van der Waals surface area contributed by atoms with Crippen molar-refractivity contribution in [2.75, 3.05) is 26.2 Å². The zero-order chi connectivity index (χ0) is 11.8. The number of carbonyl (C=O) groups excluding carboxylic acids is 1. The molecule has 0 aromatic carbocycles. The van der Waals surface area contributed by atoms with Gasteiger partial charge in [-0.15, -0.1) is 0 Å². The van der Waals surface area contributed by atoms with E-state index in [4.69, 9.17) is 0 Å². The van der Waals surface area contributed by atoms with Gasteiger partial charge in [0.1, 0.15) is 0 Å². The molecule has 0 aromatic heterocycles. The molecule has 1 amide bonds. The fourth-order valence-corrected chi connectivity index (χ4v) is 2.57. The van der Waals surface area contributed by atoms with Crippen molar-refractivity contribution in [2.24, 2.45) is 0 Å². The van der Waals surface area contributed by atoms with Crippen LogP contribution in [0.15, 0.2) is 0 Å². The van der Waals surface area contributed by atoms with E-state index in [-0.39, 0.29) is 19.1 Å². The minimum absolute atomic E-state index is 0.133. The molecule has 0 bridgehead atoms. The van der Waals surface area contributed by atoms with Gasteiger partial charge in [-0.05, 0) is 25.8 Å². The van der Waals surface area contributed by atoms with Gasteiger partial charge in [0, 0.05) is 25.7 Å². The second kappa shape index (κ2) is 4.24. The predicted octanol–water partition coefficient (Wildman–Crippen LogP) is 1.25. The smallest absolute Gasteiger partial charge is 0.333 e. The first kappa shape index (κ1) is 11.7. The van der Waals surface area contributed by atoms with Gasteiger partial charge in [0.2, 0.25) is 0 Å². The third kappa shape index (κ3) is 2.31. The number of carbonyl (C=O) groups is 1. The van der Waals surface area contributed by atoms with Gasteiger partial charge in [0.15, 0.2) is 0 Å². The first-order valence-corrected chi connectivity index (χ1v) is 5.58. The summed E-state index contributed by atoms with van der Waals surface area (Å²) in [7, 11) is 0. The van der Waals surface area contributed by atoms with E-state index >= 15 is 0 Å². The highest BCUT2D eigenvalue weighted by Crippen LogP contribution is 2.25. The van der Waals surface area contributed by atoms with E-state index in [0.717, 1.165) is 30.8 Å². The maximum atomic E-state index is 12.3. The van der Waals surface area contributed by atoms with Crippen LogP contribution >= 0.6 is 0 Å². The lowest BCUT2D eigenvalue weighted by Crippen LogP contribution is -2.45. The summed E-state index contributed by atoms with van der Waals surface area (Å²) in [5.74, 6) is -1.68. The molecule has 2 fully saturated rings. The Hall–Kier alpha value is -0.780. The molecule has 0 radical (unpaired) electrons. The van der Waals surface area contributed by atoms with E-state index < -0.39 is 12.1 Å². The highest BCUT2D eigenvalue weighted by atomic mass is 19.4. The summed E-state index contributed by atoms with van der Waals surface area (Å²) in [6, 6.07) is 0.133. The molecule has 92 valence electrons. The zero-order valence-corrected chi connectivity index (χ0v) is 8.96. The second-order valence-electron chi connectivity index (χ2n) is 4.43. The maximum absolute atomic E-state index is 12.3. The van der Waals surface area contributed by atoms with Crippen molar-refractivity contribution in [3.8, 4) is 0 Å². The van der Waals surface area contributed by atoms with Gasteiger partial charge in [0.25, 0.3) is 0 Å². The summed E-state index contributed by atoms with van der Waals surface area (Å²) in [4.78, 5) is 14.3. The molecule has 2 saturated heterocycles. The van der Waals surface area contributed by atoms with E-state index in [9.17, 15) is 18.0 Å². The van der Waals surface area contributed by atoms with Crippen LogP contribution in [-0.2, 0) is 4.79 Å². The van der Waals surface area contributed by atoms with Crippen LogP contribution in [-0.4, -0.2) is 54.1 Å². The lowest BCUT2D eigenvalue weighted by molar-refractivity contribution is -0.185. The topological polar surface area (TPSA) is 23.6 Å². The number of halogens is 3. The number of hydrogen-bond acceptors (Lipinski definition) is 2. The fourth-order valence-electron chi connectivity index (χ4n) is 2.57. The van der Waals surface area contributed by atoms with Crippen LogP contribution < -0.4 is 0 Å². The third-order valence-corrected chi connectivity index (χ3v) is 3.33. The Kier molecular flexibility index (Phi) is 3.10. The van der Waals surface area contributed by atoms with Crippen LogP contribution in [0.1, 0.15) is 19.3 Å². The Bertz CT molecular complexity index is 280. The van der Waals surface area contributed by atoms with Crippen molar-refractivity contribution < 1.29 is 18.0 Å². The summed E-state index contributed by atoms with van der Waals surface area (Å²) >= 11 is 0. The lowest BCUT2D eigenvalue weighted by atomic mass is 10.2. The fraction of sp³-hybridized carbons (Fsp3) is 0.900. The molecule has 0 spiro atoms. The van der Waals surface area contributed by atoms with Crippen molar-refractivity contribution in [2.45, 2.75) is 31.5 Å². The molecule has 2 aliphatic heterocycles. The van der Waals surface area contributed by atoms with Crippen LogP contribution in [0, 0.1) is 0 Å². The molecule has 16 heavy (non-hydrogen) atoms. The molecule has 1 unspecified atom stereocenters. The van der Waals surface area contributed by atoms with Crippen molar-refractivity contribution in [1.29, 1.82) is 0 Å². The molecule has 0 aromatic rings.